The van der Waals surface area contributed by atoms with Gasteiger partial charge in [-0.15, -0.1) is 0 Å². The summed E-state index contributed by atoms with van der Waals surface area (Å²) in [5.74, 6) is 0.760. The van der Waals surface area contributed by atoms with Crippen LogP contribution in [0.25, 0.3) is 0 Å². The highest BCUT2D eigenvalue weighted by Crippen LogP contribution is 2.12. The van der Waals surface area contributed by atoms with Crippen molar-refractivity contribution in [3.63, 3.8) is 0 Å². The number of carbonyl (C=O) groups excluding carboxylic acids is 1. The summed E-state index contributed by atoms with van der Waals surface area (Å²) in [5.41, 5.74) is 0. The van der Waals surface area contributed by atoms with E-state index in [0.717, 1.165) is 31.4 Å². The van der Waals surface area contributed by atoms with Crippen molar-refractivity contribution < 1.29 is 9.53 Å². The van der Waals surface area contributed by atoms with E-state index in [2.05, 4.69) is 30.0 Å². The van der Waals surface area contributed by atoms with Gasteiger partial charge in [0.2, 0.25) is 0 Å². The number of carbonyl (C=O) groups is 1. The van der Waals surface area contributed by atoms with Gasteiger partial charge >= 0.3 is 5.97 Å². The van der Waals surface area contributed by atoms with Crippen LogP contribution >= 0.6 is 25.3 Å². The molecule has 0 aromatic heterocycles. The van der Waals surface area contributed by atoms with Gasteiger partial charge in [-0.3, -0.25) is 4.79 Å². The predicted molar refractivity (Wildman–Crippen MR) is 61.7 cm³/mol. The normalized spacial score (nSPS) is 12.5. The third-order valence-corrected chi connectivity index (χ3v) is 2.63. The number of rotatable bonds is 7. The number of hydrogen-bond acceptors (Lipinski definition) is 4. The van der Waals surface area contributed by atoms with E-state index < -0.39 is 0 Å². The van der Waals surface area contributed by atoms with Crippen LogP contribution in [0.4, 0.5) is 0 Å². The first-order valence-corrected chi connectivity index (χ1v) is 5.71. The monoisotopic (exact) mass is 222 g/mol. The molecule has 0 bridgehead atoms. The van der Waals surface area contributed by atoms with Crippen molar-refractivity contribution >= 4 is 31.2 Å². The van der Waals surface area contributed by atoms with Gasteiger partial charge in [0.15, 0.2) is 0 Å². The van der Waals surface area contributed by atoms with Crippen LogP contribution in [0.5, 0.6) is 0 Å². The predicted octanol–water partition coefficient (Wildman–Crippen LogP) is 2.34. The Balaban J connectivity index is 3.20. The average Bonchev–Trinajstić information content (AvgIpc) is 2.12. The first-order chi connectivity index (χ1) is 6.20. The third kappa shape index (κ3) is 8.50. The molecule has 0 aliphatic rings. The second kappa shape index (κ2) is 8.75. The zero-order valence-electron chi connectivity index (χ0n) is 8.03. The molecule has 0 heterocycles. The van der Waals surface area contributed by atoms with Crippen LogP contribution in [0.2, 0.25) is 0 Å². The van der Waals surface area contributed by atoms with Crippen molar-refractivity contribution in [1.82, 2.24) is 0 Å². The van der Waals surface area contributed by atoms with Gasteiger partial charge in [0.25, 0.3) is 0 Å². The lowest BCUT2D eigenvalue weighted by atomic mass is 10.1. The number of unbranched alkanes of at least 4 members (excludes halogenated alkanes) is 1. The molecular formula is C9H18O2S2. The Morgan fingerprint density at radius 2 is 2.08 bits per heavy atom. The molecule has 1 atom stereocenters. The molecule has 1 unspecified atom stereocenters. The maximum absolute atomic E-state index is 10.7. The zero-order valence-corrected chi connectivity index (χ0v) is 9.82. The molecule has 0 aromatic carbocycles. The molecule has 0 fully saturated rings. The number of hydrogen-bond donors (Lipinski definition) is 2. The lowest BCUT2D eigenvalue weighted by molar-refractivity contribution is -0.140. The van der Waals surface area contributed by atoms with Crippen molar-refractivity contribution in [2.75, 3.05) is 12.9 Å². The largest absolute Gasteiger partial charge is 0.469 e. The van der Waals surface area contributed by atoms with Crippen molar-refractivity contribution in [2.24, 2.45) is 0 Å². The van der Waals surface area contributed by atoms with Gasteiger partial charge in [-0.1, -0.05) is 6.42 Å². The number of thiol groups is 2. The molecular weight excluding hydrogens is 204 g/mol. The summed E-state index contributed by atoms with van der Waals surface area (Å²) in [4.78, 5) is 10.7. The van der Waals surface area contributed by atoms with E-state index in [-0.39, 0.29) is 5.97 Å². The number of methoxy groups -OCH3 is 1. The maximum atomic E-state index is 10.7. The van der Waals surface area contributed by atoms with Gasteiger partial charge in [0.1, 0.15) is 0 Å². The van der Waals surface area contributed by atoms with E-state index in [1.165, 1.54) is 7.11 Å². The Morgan fingerprint density at radius 1 is 1.38 bits per heavy atom. The Morgan fingerprint density at radius 3 is 2.62 bits per heavy atom. The quantitative estimate of drug-likeness (QED) is 0.393. The topological polar surface area (TPSA) is 26.3 Å². The fraction of sp³-hybridized carbons (Fsp3) is 0.889. The molecule has 0 radical (unpaired) electrons. The summed E-state index contributed by atoms with van der Waals surface area (Å²) in [6, 6.07) is 0. The minimum Gasteiger partial charge on any atom is -0.469 e. The Bertz CT molecular complexity index is 140. The molecule has 78 valence electrons. The van der Waals surface area contributed by atoms with E-state index >= 15 is 0 Å². The molecule has 2 nitrogen and oxygen atoms in total. The van der Waals surface area contributed by atoms with Crippen LogP contribution in [0.3, 0.4) is 0 Å². The van der Waals surface area contributed by atoms with Crippen molar-refractivity contribution in [3.8, 4) is 0 Å². The van der Waals surface area contributed by atoms with Crippen LogP contribution < -0.4 is 0 Å². The Kier molecular flexibility index (Phi) is 8.87. The molecule has 0 aliphatic carbocycles. The molecule has 0 aliphatic heterocycles. The van der Waals surface area contributed by atoms with Crippen molar-refractivity contribution in [1.29, 1.82) is 0 Å². The second-order valence-corrected chi connectivity index (χ2v) is 4.17. The van der Waals surface area contributed by atoms with Crippen molar-refractivity contribution in [2.45, 2.75) is 37.4 Å². The lowest BCUT2D eigenvalue weighted by Crippen LogP contribution is -2.02. The highest BCUT2D eigenvalue weighted by Gasteiger charge is 2.03. The SMILES string of the molecule is COC(=O)CCCCC(S)CCS. The van der Waals surface area contributed by atoms with Crippen LogP contribution in [0, 0.1) is 0 Å². The summed E-state index contributed by atoms with van der Waals surface area (Å²) in [6.07, 6.45) is 4.55. The molecule has 4 heteroatoms. The van der Waals surface area contributed by atoms with E-state index in [1.54, 1.807) is 0 Å². The van der Waals surface area contributed by atoms with Gasteiger partial charge in [0, 0.05) is 11.7 Å². The Labute approximate surface area is 91.2 Å². The fourth-order valence-electron chi connectivity index (χ4n) is 1.04. The Hall–Kier alpha value is 0.170. The highest BCUT2D eigenvalue weighted by molar-refractivity contribution is 7.81. The molecule has 0 amide bonds. The second-order valence-electron chi connectivity index (χ2n) is 2.99. The third-order valence-electron chi connectivity index (χ3n) is 1.86. The van der Waals surface area contributed by atoms with E-state index in [4.69, 9.17) is 0 Å². The smallest absolute Gasteiger partial charge is 0.305 e. The van der Waals surface area contributed by atoms with Crippen molar-refractivity contribution in [3.05, 3.63) is 0 Å². The van der Waals surface area contributed by atoms with Gasteiger partial charge in [-0.25, -0.2) is 0 Å². The van der Waals surface area contributed by atoms with E-state index in [0.29, 0.717) is 11.7 Å². The van der Waals surface area contributed by atoms with E-state index in [9.17, 15) is 4.79 Å². The van der Waals surface area contributed by atoms with Crippen LogP contribution in [-0.4, -0.2) is 24.1 Å². The van der Waals surface area contributed by atoms with Crippen LogP contribution in [0.15, 0.2) is 0 Å². The van der Waals surface area contributed by atoms with E-state index in [1.807, 2.05) is 0 Å². The average molecular weight is 222 g/mol. The van der Waals surface area contributed by atoms with Gasteiger partial charge in [-0.2, -0.15) is 25.3 Å². The van der Waals surface area contributed by atoms with Gasteiger partial charge < -0.3 is 4.74 Å². The van der Waals surface area contributed by atoms with Crippen LogP contribution in [-0.2, 0) is 9.53 Å². The minimum atomic E-state index is -0.120. The highest BCUT2D eigenvalue weighted by atomic mass is 32.1. The molecule has 13 heavy (non-hydrogen) atoms. The van der Waals surface area contributed by atoms with Gasteiger partial charge in [0.05, 0.1) is 7.11 Å². The number of esters is 1. The summed E-state index contributed by atoms with van der Waals surface area (Å²) in [5, 5.41) is 0.426. The molecule has 0 rings (SSSR count). The first kappa shape index (κ1) is 13.2. The summed E-state index contributed by atoms with van der Waals surface area (Å²) in [6.45, 7) is 0. The molecule has 0 saturated carbocycles. The molecule has 0 N–H and O–H groups in total. The summed E-state index contributed by atoms with van der Waals surface area (Å²) >= 11 is 8.52. The minimum absolute atomic E-state index is 0.120. The number of ether oxygens (including phenoxy) is 1. The fourth-order valence-corrected chi connectivity index (χ4v) is 1.87. The molecule has 0 spiro atoms. The van der Waals surface area contributed by atoms with Crippen LogP contribution in [0.1, 0.15) is 32.1 Å². The standard InChI is InChI=1S/C9H18O2S2/c1-11-9(10)5-3-2-4-8(13)6-7-12/h8,12-13H,2-7H2,1H3. The zero-order chi connectivity index (χ0) is 10.1. The van der Waals surface area contributed by atoms with Gasteiger partial charge in [-0.05, 0) is 25.0 Å². The lowest BCUT2D eigenvalue weighted by Gasteiger charge is -2.07. The first-order valence-electron chi connectivity index (χ1n) is 4.56. The summed E-state index contributed by atoms with van der Waals surface area (Å²) in [7, 11) is 1.42. The molecule has 0 aromatic rings. The maximum Gasteiger partial charge on any atom is 0.305 e. The summed E-state index contributed by atoms with van der Waals surface area (Å²) < 4.78 is 4.53. The molecule has 0 saturated heterocycles.